The third-order valence-electron chi connectivity index (χ3n) is 5.29. The summed E-state index contributed by atoms with van der Waals surface area (Å²) >= 11 is 13.2. The van der Waals surface area contributed by atoms with Crippen LogP contribution in [0.15, 0.2) is 47.6 Å². The van der Waals surface area contributed by atoms with E-state index in [1.165, 1.54) is 17.8 Å². The van der Waals surface area contributed by atoms with Gasteiger partial charge in [-0.2, -0.15) is 0 Å². The summed E-state index contributed by atoms with van der Waals surface area (Å²) in [5.74, 6) is -0.321. The second kappa shape index (κ2) is 12.9. The average molecular weight is 564 g/mol. The lowest BCUT2D eigenvalue weighted by Crippen LogP contribution is -2.33. The Balaban J connectivity index is 1.62. The summed E-state index contributed by atoms with van der Waals surface area (Å²) in [6.45, 7) is 5.95. The Morgan fingerprint density at radius 3 is 2.32 bits per heavy atom. The van der Waals surface area contributed by atoms with Gasteiger partial charge in [-0.25, -0.2) is 4.79 Å². The molecule has 0 aliphatic carbocycles. The van der Waals surface area contributed by atoms with Crippen LogP contribution in [-0.2, 0) is 16.6 Å². The van der Waals surface area contributed by atoms with Gasteiger partial charge < -0.3 is 19.9 Å². The molecular formula is C25H27Cl2N5O4S. The van der Waals surface area contributed by atoms with E-state index in [9.17, 15) is 14.4 Å². The summed E-state index contributed by atoms with van der Waals surface area (Å²) in [5, 5.41) is 15.4. The van der Waals surface area contributed by atoms with Crippen LogP contribution in [0.3, 0.4) is 0 Å². The van der Waals surface area contributed by atoms with Gasteiger partial charge in [0.2, 0.25) is 5.91 Å². The molecule has 0 fully saturated rings. The molecule has 0 aliphatic heterocycles. The number of aromatic nitrogens is 3. The first-order valence-electron chi connectivity index (χ1n) is 11.5. The van der Waals surface area contributed by atoms with Crippen LogP contribution in [0, 0.1) is 5.92 Å². The second-order valence-electron chi connectivity index (χ2n) is 8.36. The van der Waals surface area contributed by atoms with E-state index >= 15 is 0 Å². The molecule has 0 radical (unpaired) electrons. The number of ether oxygens (including phenoxy) is 1. The number of esters is 1. The Bertz CT molecular complexity index is 1280. The zero-order chi connectivity index (χ0) is 27.1. The van der Waals surface area contributed by atoms with Crippen molar-refractivity contribution in [3.63, 3.8) is 0 Å². The molecule has 2 amide bonds. The molecule has 9 nitrogen and oxygen atoms in total. The minimum Gasteiger partial charge on any atom is -0.462 e. The molecule has 0 aliphatic rings. The Hall–Kier alpha value is -3.08. The van der Waals surface area contributed by atoms with Crippen LogP contribution in [0.25, 0.3) is 0 Å². The van der Waals surface area contributed by atoms with Gasteiger partial charge in [-0.3, -0.25) is 9.59 Å². The molecule has 3 aromatic rings. The minimum atomic E-state index is -0.430. The predicted molar refractivity (Wildman–Crippen MR) is 144 cm³/mol. The van der Waals surface area contributed by atoms with Gasteiger partial charge in [-0.1, -0.05) is 48.8 Å². The minimum absolute atomic E-state index is 0.00773. The third-order valence-corrected chi connectivity index (χ3v) is 7.05. The highest BCUT2D eigenvalue weighted by atomic mass is 35.5. The summed E-state index contributed by atoms with van der Waals surface area (Å²) in [7, 11) is 1.78. The van der Waals surface area contributed by atoms with Crippen molar-refractivity contribution in [2.45, 2.75) is 32.0 Å². The highest BCUT2D eigenvalue weighted by Crippen LogP contribution is 2.26. The van der Waals surface area contributed by atoms with E-state index in [4.69, 9.17) is 27.9 Å². The van der Waals surface area contributed by atoms with E-state index in [0.29, 0.717) is 44.4 Å². The van der Waals surface area contributed by atoms with Gasteiger partial charge >= 0.3 is 5.97 Å². The van der Waals surface area contributed by atoms with Gasteiger partial charge in [-0.05, 0) is 55.3 Å². The maximum absolute atomic E-state index is 12.8. The van der Waals surface area contributed by atoms with Crippen LogP contribution in [0.2, 0.25) is 10.0 Å². The number of rotatable bonds is 10. The quantitative estimate of drug-likeness (QED) is 0.258. The molecule has 0 spiro atoms. The lowest BCUT2D eigenvalue weighted by molar-refractivity contribution is -0.113. The lowest BCUT2D eigenvalue weighted by atomic mass is 10.0. The third kappa shape index (κ3) is 7.47. The van der Waals surface area contributed by atoms with Gasteiger partial charge in [0.15, 0.2) is 11.0 Å². The van der Waals surface area contributed by atoms with E-state index in [1.54, 1.807) is 54.9 Å². The molecule has 0 saturated heterocycles. The average Bonchev–Trinajstić information content (AvgIpc) is 3.22. The topological polar surface area (TPSA) is 115 Å². The summed E-state index contributed by atoms with van der Waals surface area (Å²) in [6, 6.07) is 10.7. The number of thioether (sulfide) groups is 1. The standard InChI is InChI=1S/C25H27Cl2N5O4S/c1-5-36-24(35)15-6-9-17(10-7-15)28-20(33)13-37-25-31-30-22(32(25)4)21(14(2)3)29-23(34)16-8-11-18(26)19(27)12-16/h6-12,14,21H,5,13H2,1-4H3,(H,28,33)(H,29,34)/t21-/m0/s1. The first-order chi connectivity index (χ1) is 17.6. The normalized spacial score (nSPS) is 11.8. The number of nitrogens with zero attached hydrogens (tertiary/aromatic N) is 3. The zero-order valence-electron chi connectivity index (χ0n) is 20.7. The fourth-order valence-corrected chi connectivity index (χ4v) is 4.36. The molecule has 1 heterocycles. The van der Waals surface area contributed by atoms with Gasteiger partial charge in [0.1, 0.15) is 0 Å². The molecule has 0 unspecified atom stereocenters. The van der Waals surface area contributed by atoms with Gasteiger partial charge in [0.05, 0.1) is 34.0 Å². The van der Waals surface area contributed by atoms with E-state index in [0.717, 1.165) is 0 Å². The van der Waals surface area contributed by atoms with Crippen molar-refractivity contribution < 1.29 is 19.1 Å². The molecular weight excluding hydrogens is 537 g/mol. The van der Waals surface area contributed by atoms with Crippen LogP contribution >= 0.6 is 35.0 Å². The number of anilines is 1. The Kier molecular flexibility index (Phi) is 9.96. The van der Waals surface area contributed by atoms with Crippen LogP contribution < -0.4 is 10.6 Å². The highest BCUT2D eigenvalue weighted by Gasteiger charge is 2.25. The van der Waals surface area contributed by atoms with Crippen molar-refractivity contribution in [2.24, 2.45) is 13.0 Å². The zero-order valence-corrected chi connectivity index (χ0v) is 23.1. The fraction of sp³-hybridized carbons (Fsp3) is 0.320. The van der Waals surface area contributed by atoms with E-state index < -0.39 is 12.0 Å². The van der Waals surface area contributed by atoms with Crippen molar-refractivity contribution >= 4 is 58.4 Å². The first-order valence-corrected chi connectivity index (χ1v) is 13.2. The van der Waals surface area contributed by atoms with Crippen LogP contribution in [0.5, 0.6) is 0 Å². The summed E-state index contributed by atoms with van der Waals surface area (Å²) < 4.78 is 6.71. The smallest absolute Gasteiger partial charge is 0.338 e. The SMILES string of the molecule is CCOC(=O)c1ccc(NC(=O)CSc2nnc([C@@H](NC(=O)c3ccc(Cl)c(Cl)c3)C(C)C)n2C)cc1. The van der Waals surface area contributed by atoms with Gasteiger partial charge in [0.25, 0.3) is 5.91 Å². The van der Waals surface area contributed by atoms with Crippen molar-refractivity contribution in [1.29, 1.82) is 0 Å². The molecule has 2 N–H and O–H groups in total. The van der Waals surface area contributed by atoms with E-state index in [2.05, 4.69) is 20.8 Å². The van der Waals surface area contributed by atoms with Crippen LogP contribution in [0.4, 0.5) is 5.69 Å². The molecule has 0 bridgehead atoms. The number of nitrogens with one attached hydrogen (secondary N) is 2. The van der Waals surface area contributed by atoms with Gasteiger partial charge in [0, 0.05) is 18.3 Å². The lowest BCUT2D eigenvalue weighted by Gasteiger charge is -2.22. The molecule has 1 atom stereocenters. The molecule has 1 aromatic heterocycles. The second-order valence-corrected chi connectivity index (χ2v) is 10.1. The van der Waals surface area contributed by atoms with Crippen LogP contribution in [0.1, 0.15) is 53.4 Å². The molecule has 196 valence electrons. The van der Waals surface area contributed by atoms with Crippen molar-refractivity contribution in [3.05, 3.63) is 69.5 Å². The Morgan fingerprint density at radius 2 is 1.70 bits per heavy atom. The Morgan fingerprint density at radius 1 is 1.03 bits per heavy atom. The number of halogens is 2. The summed E-state index contributed by atoms with van der Waals surface area (Å²) in [5.41, 5.74) is 1.35. The monoisotopic (exact) mass is 563 g/mol. The number of carbonyl (C=O) groups excluding carboxylic acids is 3. The number of carbonyl (C=O) groups is 3. The number of hydrogen-bond donors (Lipinski definition) is 2. The molecule has 0 saturated carbocycles. The summed E-state index contributed by atoms with van der Waals surface area (Å²) in [6.07, 6.45) is 0. The van der Waals surface area contributed by atoms with Crippen LogP contribution in [-0.4, -0.2) is 44.9 Å². The van der Waals surface area contributed by atoms with E-state index in [-0.39, 0.29) is 23.5 Å². The maximum Gasteiger partial charge on any atom is 0.338 e. The molecule has 12 heteroatoms. The number of hydrogen-bond acceptors (Lipinski definition) is 7. The maximum atomic E-state index is 12.8. The highest BCUT2D eigenvalue weighted by molar-refractivity contribution is 7.99. The molecule has 37 heavy (non-hydrogen) atoms. The molecule has 3 rings (SSSR count). The molecule has 2 aromatic carbocycles. The van der Waals surface area contributed by atoms with Crippen molar-refractivity contribution in [3.8, 4) is 0 Å². The van der Waals surface area contributed by atoms with E-state index in [1.807, 2.05) is 13.8 Å². The van der Waals surface area contributed by atoms with Crippen molar-refractivity contribution in [1.82, 2.24) is 20.1 Å². The summed E-state index contributed by atoms with van der Waals surface area (Å²) in [4.78, 5) is 37.1. The Labute approximate surface area is 229 Å². The first kappa shape index (κ1) is 28.5. The van der Waals surface area contributed by atoms with Gasteiger partial charge in [-0.15, -0.1) is 10.2 Å². The number of benzene rings is 2. The largest absolute Gasteiger partial charge is 0.462 e. The predicted octanol–water partition coefficient (Wildman–Crippen LogP) is 5.16. The fourth-order valence-electron chi connectivity index (χ4n) is 3.35. The van der Waals surface area contributed by atoms with Crippen molar-refractivity contribution in [2.75, 3.05) is 17.7 Å². The number of amides is 2.